The molecule has 3 aliphatic heterocycles. The second-order valence-corrected chi connectivity index (χ2v) is 13.4. The third-order valence-electron chi connectivity index (χ3n) is 9.52. The van der Waals surface area contributed by atoms with E-state index in [4.69, 9.17) is 28.4 Å². The largest absolute Gasteiger partial charge is 0.493 e. The highest BCUT2D eigenvalue weighted by Gasteiger charge is 2.45. The number of benzene rings is 3. The van der Waals surface area contributed by atoms with Gasteiger partial charge in [0.25, 0.3) is 23.6 Å². The summed E-state index contributed by atoms with van der Waals surface area (Å²) in [6.45, 7) is 4.12. The first-order chi connectivity index (χ1) is 28.6. The first-order valence-electron chi connectivity index (χ1n) is 19.1. The van der Waals surface area contributed by atoms with Crippen LogP contribution in [0.5, 0.6) is 11.5 Å². The number of methoxy groups -OCH3 is 1. The standard InChI is InChI=1S/C41H45N5O13/c1-3-59-32-22-25(10-12-31(32)54-2)23-45-38(50)26-6-5-9-29(36(26)40(45)52)43-34(48)24-58-21-20-57-19-18-56-17-16-55-15-14-42-28-8-4-7-27-35(28)41(53)46(39(27)51)30-11-13-33(47)44-37(30)49/h4-10,12,22,30,42H,3,11,13-21,23-24H2,1-2H3,(H,43,48)(H,44,47,49). The first-order valence-corrected chi connectivity index (χ1v) is 19.1. The van der Waals surface area contributed by atoms with Gasteiger partial charge in [-0.3, -0.25) is 48.7 Å². The highest BCUT2D eigenvalue weighted by molar-refractivity contribution is 6.26. The summed E-state index contributed by atoms with van der Waals surface area (Å²) in [7, 11) is 1.53. The molecular weight excluding hydrogens is 770 g/mol. The third-order valence-corrected chi connectivity index (χ3v) is 9.52. The molecule has 6 rings (SSSR count). The first kappa shape index (κ1) is 42.4. The molecule has 3 heterocycles. The van der Waals surface area contributed by atoms with Crippen LogP contribution in [0.3, 0.4) is 0 Å². The third kappa shape index (κ3) is 9.92. The van der Waals surface area contributed by atoms with E-state index in [1.165, 1.54) is 13.2 Å². The molecule has 1 fully saturated rings. The fourth-order valence-corrected chi connectivity index (χ4v) is 6.78. The number of hydrogen-bond acceptors (Lipinski definition) is 14. The number of hydrogen-bond donors (Lipinski definition) is 3. The maximum absolute atomic E-state index is 13.4. The Labute approximate surface area is 339 Å². The summed E-state index contributed by atoms with van der Waals surface area (Å²) in [5, 5.41) is 7.97. The van der Waals surface area contributed by atoms with E-state index in [1.807, 2.05) is 6.92 Å². The van der Waals surface area contributed by atoms with Crippen LogP contribution < -0.4 is 25.4 Å². The number of carbonyl (C=O) groups excluding carboxylic acids is 7. The lowest BCUT2D eigenvalue weighted by molar-refractivity contribution is -0.136. The Bertz CT molecular complexity index is 2110. The molecule has 59 heavy (non-hydrogen) atoms. The van der Waals surface area contributed by atoms with Gasteiger partial charge in [0.1, 0.15) is 12.6 Å². The van der Waals surface area contributed by atoms with Crippen LogP contribution in [-0.4, -0.2) is 130 Å². The van der Waals surface area contributed by atoms with Crippen LogP contribution in [0.15, 0.2) is 54.6 Å². The van der Waals surface area contributed by atoms with Crippen LogP contribution in [-0.2, 0) is 39.9 Å². The zero-order valence-electron chi connectivity index (χ0n) is 32.7. The van der Waals surface area contributed by atoms with Gasteiger partial charge in [-0.2, -0.15) is 0 Å². The molecule has 312 valence electrons. The van der Waals surface area contributed by atoms with Crippen LogP contribution >= 0.6 is 0 Å². The van der Waals surface area contributed by atoms with Gasteiger partial charge in [0.2, 0.25) is 17.7 Å². The van der Waals surface area contributed by atoms with Crippen molar-refractivity contribution in [2.75, 3.05) is 83.8 Å². The molecule has 18 heteroatoms. The summed E-state index contributed by atoms with van der Waals surface area (Å²) in [6, 6.07) is 13.7. The van der Waals surface area contributed by atoms with Gasteiger partial charge in [0, 0.05) is 18.7 Å². The summed E-state index contributed by atoms with van der Waals surface area (Å²) >= 11 is 0. The van der Waals surface area contributed by atoms with Crippen molar-refractivity contribution in [1.29, 1.82) is 0 Å². The lowest BCUT2D eigenvalue weighted by atomic mass is 10.0. The summed E-state index contributed by atoms with van der Waals surface area (Å²) in [4.78, 5) is 91.3. The lowest BCUT2D eigenvalue weighted by Crippen LogP contribution is -2.54. The number of fused-ring (bicyclic) bond motifs is 2. The molecule has 1 atom stereocenters. The minimum Gasteiger partial charge on any atom is -0.493 e. The molecule has 1 saturated heterocycles. The maximum Gasteiger partial charge on any atom is 0.264 e. The smallest absolute Gasteiger partial charge is 0.264 e. The summed E-state index contributed by atoms with van der Waals surface area (Å²) in [5.41, 5.74) is 2.00. The van der Waals surface area contributed by atoms with Crippen molar-refractivity contribution >= 4 is 52.7 Å². The van der Waals surface area contributed by atoms with Crippen LogP contribution in [0.4, 0.5) is 11.4 Å². The summed E-state index contributed by atoms with van der Waals surface area (Å²) in [5.74, 6) is -2.73. The number of ether oxygens (including phenoxy) is 6. The van der Waals surface area contributed by atoms with Crippen molar-refractivity contribution in [2.45, 2.75) is 32.4 Å². The zero-order valence-corrected chi connectivity index (χ0v) is 32.7. The highest BCUT2D eigenvalue weighted by Crippen LogP contribution is 2.34. The predicted octanol–water partition coefficient (Wildman–Crippen LogP) is 2.41. The van der Waals surface area contributed by atoms with Crippen LogP contribution in [0.1, 0.15) is 66.8 Å². The Hall–Kier alpha value is -6.21. The molecular formula is C41H45N5O13. The van der Waals surface area contributed by atoms with Gasteiger partial charge < -0.3 is 39.1 Å². The molecule has 3 N–H and O–H groups in total. The van der Waals surface area contributed by atoms with Crippen molar-refractivity contribution in [3.8, 4) is 11.5 Å². The van der Waals surface area contributed by atoms with Gasteiger partial charge in [0.05, 0.1) is 94.5 Å². The monoisotopic (exact) mass is 815 g/mol. The molecule has 1 unspecified atom stereocenters. The van der Waals surface area contributed by atoms with Crippen LogP contribution in [0, 0.1) is 0 Å². The van der Waals surface area contributed by atoms with E-state index >= 15 is 0 Å². The molecule has 0 bridgehead atoms. The van der Waals surface area contributed by atoms with E-state index in [-0.39, 0.29) is 80.4 Å². The molecule has 18 nitrogen and oxygen atoms in total. The second kappa shape index (κ2) is 20.0. The van der Waals surface area contributed by atoms with E-state index in [0.29, 0.717) is 55.7 Å². The minimum absolute atomic E-state index is 0.00865. The van der Waals surface area contributed by atoms with Crippen LogP contribution in [0.2, 0.25) is 0 Å². The maximum atomic E-state index is 13.4. The number of amides is 7. The average molecular weight is 816 g/mol. The summed E-state index contributed by atoms with van der Waals surface area (Å²) in [6.07, 6.45) is 0.122. The Morgan fingerprint density at radius 3 is 2.07 bits per heavy atom. The van der Waals surface area contributed by atoms with E-state index in [9.17, 15) is 33.6 Å². The van der Waals surface area contributed by atoms with Crippen molar-refractivity contribution < 1.29 is 62.0 Å². The molecule has 3 aromatic carbocycles. The topological polar surface area (TPSA) is 217 Å². The SMILES string of the molecule is CCOc1cc(CN2C(=O)c3cccc(NC(=O)COCCOCCOCCOCCNc4cccc5c4C(=O)N(C4CCC(=O)NC4=O)C5=O)c3C2=O)ccc1OC. The fraction of sp³-hybridized carbons (Fsp3) is 0.390. The highest BCUT2D eigenvalue weighted by atomic mass is 16.6. The normalized spacial score (nSPS) is 16.0. The van der Waals surface area contributed by atoms with Gasteiger partial charge in [-0.15, -0.1) is 0 Å². The van der Waals surface area contributed by atoms with Crippen molar-refractivity contribution in [3.63, 3.8) is 0 Å². The average Bonchev–Trinajstić information content (AvgIpc) is 3.62. The molecule has 0 spiro atoms. The molecule has 3 aliphatic rings. The molecule has 0 aliphatic carbocycles. The molecule has 0 saturated carbocycles. The molecule has 3 aromatic rings. The lowest BCUT2D eigenvalue weighted by Gasteiger charge is -2.27. The number of rotatable bonds is 22. The summed E-state index contributed by atoms with van der Waals surface area (Å²) < 4.78 is 33.0. The molecule has 7 amide bonds. The predicted molar refractivity (Wildman–Crippen MR) is 208 cm³/mol. The second-order valence-electron chi connectivity index (χ2n) is 13.4. The van der Waals surface area contributed by atoms with Gasteiger partial charge in [-0.1, -0.05) is 18.2 Å². The number of carbonyl (C=O) groups is 7. The Morgan fingerprint density at radius 2 is 1.39 bits per heavy atom. The quantitative estimate of drug-likeness (QED) is 0.0981. The number of imide groups is 3. The van der Waals surface area contributed by atoms with Crippen molar-refractivity contribution in [1.82, 2.24) is 15.1 Å². The number of nitrogens with one attached hydrogen (secondary N) is 3. The number of anilines is 2. The van der Waals surface area contributed by atoms with Gasteiger partial charge >= 0.3 is 0 Å². The molecule has 0 aromatic heterocycles. The number of nitrogens with zero attached hydrogens (tertiary/aromatic N) is 2. The van der Waals surface area contributed by atoms with Gasteiger partial charge in [-0.05, 0) is 55.3 Å². The van der Waals surface area contributed by atoms with Gasteiger partial charge in [0.15, 0.2) is 11.5 Å². The van der Waals surface area contributed by atoms with E-state index in [0.717, 1.165) is 9.80 Å². The van der Waals surface area contributed by atoms with E-state index in [1.54, 1.807) is 48.5 Å². The Balaban J connectivity index is 0.818. The van der Waals surface area contributed by atoms with Gasteiger partial charge in [-0.25, -0.2) is 0 Å². The van der Waals surface area contributed by atoms with E-state index < -0.39 is 47.4 Å². The Kier molecular flexibility index (Phi) is 14.4. The minimum atomic E-state index is -1.04. The van der Waals surface area contributed by atoms with Crippen LogP contribution in [0.25, 0.3) is 0 Å². The zero-order chi connectivity index (χ0) is 41.9. The fourth-order valence-electron chi connectivity index (χ4n) is 6.78. The molecule has 0 radical (unpaired) electrons. The Morgan fingerprint density at radius 1 is 0.746 bits per heavy atom. The van der Waals surface area contributed by atoms with Crippen molar-refractivity contribution in [2.24, 2.45) is 0 Å². The van der Waals surface area contributed by atoms with E-state index in [2.05, 4.69) is 16.0 Å². The number of piperidine rings is 1. The van der Waals surface area contributed by atoms with Crippen molar-refractivity contribution in [3.05, 3.63) is 82.4 Å².